The van der Waals surface area contributed by atoms with Crippen LogP contribution in [0.1, 0.15) is 11.1 Å². The second-order valence-corrected chi connectivity index (χ2v) is 4.50. The molecule has 0 radical (unpaired) electrons. The summed E-state index contributed by atoms with van der Waals surface area (Å²) in [6.45, 7) is 3.89. The molecule has 0 saturated heterocycles. The first kappa shape index (κ1) is 13.1. The Kier molecular flexibility index (Phi) is 3.51. The summed E-state index contributed by atoms with van der Waals surface area (Å²) in [5.41, 5.74) is 3.79. The topological polar surface area (TPSA) is 49.3 Å². The fraction of sp³-hybridized carbons (Fsp3) is 0.133. The number of halogens is 1. The van der Waals surface area contributed by atoms with Gasteiger partial charge in [-0.25, -0.2) is 9.18 Å². The van der Waals surface area contributed by atoms with Crippen LogP contribution in [-0.4, -0.2) is 11.2 Å². The number of nitrogens with one attached hydrogen (secondary N) is 1. The molecule has 0 aliphatic carbocycles. The molecular formula is C15H14FNO2. The average molecular weight is 259 g/mol. The Labute approximate surface area is 110 Å². The highest BCUT2D eigenvalue weighted by atomic mass is 19.1. The normalized spacial score (nSPS) is 10.3. The van der Waals surface area contributed by atoms with Crippen LogP contribution in [-0.2, 0) is 0 Å². The molecule has 2 aromatic carbocycles. The van der Waals surface area contributed by atoms with Gasteiger partial charge < -0.3 is 5.11 Å². The van der Waals surface area contributed by atoms with Crippen LogP contribution in [0.4, 0.5) is 14.9 Å². The maximum atomic E-state index is 13.4. The van der Waals surface area contributed by atoms with Crippen LogP contribution in [0, 0.1) is 19.7 Å². The number of anilines is 1. The van der Waals surface area contributed by atoms with Gasteiger partial charge in [-0.2, -0.15) is 0 Å². The largest absolute Gasteiger partial charge is 0.465 e. The molecule has 98 valence electrons. The van der Waals surface area contributed by atoms with Crippen LogP contribution in [0.25, 0.3) is 11.1 Å². The fourth-order valence-electron chi connectivity index (χ4n) is 2.11. The van der Waals surface area contributed by atoms with E-state index in [-0.39, 0.29) is 0 Å². The van der Waals surface area contributed by atoms with E-state index in [0.29, 0.717) is 11.3 Å². The Bertz CT molecular complexity index is 618. The van der Waals surface area contributed by atoms with Crippen molar-refractivity contribution in [3.8, 4) is 11.1 Å². The molecule has 0 saturated carbocycles. The molecule has 1 amide bonds. The van der Waals surface area contributed by atoms with Gasteiger partial charge >= 0.3 is 6.09 Å². The first-order chi connectivity index (χ1) is 8.95. The molecule has 2 N–H and O–H groups in total. The lowest BCUT2D eigenvalue weighted by Crippen LogP contribution is -2.08. The lowest BCUT2D eigenvalue weighted by molar-refractivity contribution is 0.210. The molecule has 0 unspecified atom stereocenters. The Morgan fingerprint density at radius 3 is 2.32 bits per heavy atom. The second kappa shape index (κ2) is 5.10. The molecule has 2 rings (SSSR count). The molecule has 0 aliphatic rings. The summed E-state index contributed by atoms with van der Waals surface area (Å²) in [4.78, 5) is 10.8. The summed E-state index contributed by atoms with van der Waals surface area (Å²) < 4.78 is 13.4. The molecule has 0 aromatic heterocycles. The Morgan fingerprint density at radius 1 is 1.11 bits per heavy atom. The number of rotatable bonds is 2. The second-order valence-electron chi connectivity index (χ2n) is 4.50. The van der Waals surface area contributed by atoms with Gasteiger partial charge in [0.1, 0.15) is 5.82 Å². The highest BCUT2D eigenvalue weighted by molar-refractivity contribution is 5.90. The minimum Gasteiger partial charge on any atom is -0.465 e. The molecule has 4 heteroatoms. The van der Waals surface area contributed by atoms with Crippen molar-refractivity contribution in [3.05, 3.63) is 53.3 Å². The van der Waals surface area contributed by atoms with Crippen LogP contribution >= 0.6 is 0 Å². The number of hydrogen-bond donors (Lipinski definition) is 2. The molecule has 0 fully saturated rings. The Balaban J connectivity index is 2.58. The van der Waals surface area contributed by atoms with E-state index in [1.165, 1.54) is 18.2 Å². The minimum atomic E-state index is -1.17. The molecule has 3 nitrogen and oxygen atoms in total. The first-order valence-corrected chi connectivity index (χ1v) is 5.84. The monoisotopic (exact) mass is 259 g/mol. The number of benzene rings is 2. The number of hydrogen-bond acceptors (Lipinski definition) is 1. The summed E-state index contributed by atoms with van der Waals surface area (Å²) >= 11 is 0. The van der Waals surface area contributed by atoms with Crippen molar-refractivity contribution in [2.45, 2.75) is 13.8 Å². The quantitative estimate of drug-likeness (QED) is 0.849. The zero-order valence-electron chi connectivity index (χ0n) is 10.7. The summed E-state index contributed by atoms with van der Waals surface area (Å²) in [5.74, 6) is -0.398. The molecular weight excluding hydrogens is 245 g/mol. The third-order valence-electron chi connectivity index (χ3n) is 2.76. The minimum absolute atomic E-state index is 0.374. The average Bonchev–Trinajstić information content (AvgIpc) is 2.29. The van der Waals surface area contributed by atoms with Crippen molar-refractivity contribution < 1.29 is 14.3 Å². The predicted molar refractivity (Wildman–Crippen MR) is 73.0 cm³/mol. The van der Waals surface area contributed by atoms with Crippen LogP contribution in [0.2, 0.25) is 0 Å². The Morgan fingerprint density at radius 2 is 1.74 bits per heavy atom. The van der Waals surface area contributed by atoms with Crippen LogP contribution in [0.3, 0.4) is 0 Å². The van der Waals surface area contributed by atoms with Crippen molar-refractivity contribution in [2.75, 3.05) is 5.32 Å². The zero-order chi connectivity index (χ0) is 14.0. The van der Waals surface area contributed by atoms with Crippen LogP contribution in [0.15, 0.2) is 36.4 Å². The maximum absolute atomic E-state index is 13.4. The SMILES string of the molecule is Cc1cc(C)cc(-c2cc(F)ccc2NC(=O)O)c1. The molecule has 2 aromatic rings. The fourth-order valence-corrected chi connectivity index (χ4v) is 2.11. The van der Waals surface area contributed by atoms with Gasteiger partial charge in [0, 0.05) is 5.56 Å². The van der Waals surface area contributed by atoms with E-state index in [2.05, 4.69) is 5.32 Å². The van der Waals surface area contributed by atoms with Crippen LogP contribution in [0.5, 0.6) is 0 Å². The number of carbonyl (C=O) groups is 1. The molecule has 0 aliphatic heterocycles. The van der Waals surface area contributed by atoms with Gasteiger partial charge in [-0.15, -0.1) is 0 Å². The van der Waals surface area contributed by atoms with Crippen molar-refractivity contribution in [3.63, 3.8) is 0 Å². The lowest BCUT2D eigenvalue weighted by Gasteiger charge is -2.11. The summed E-state index contributed by atoms with van der Waals surface area (Å²) in [7, 11) is 0. The number of carboxylic acid groups (broad SMARTS) is 1. The van der Waals surface area contributed by atoms with Gasteiger partial charge in [-0.1, -0.05) is 29.3 Å². The standard InChI is InChI=1S/C15H14FNO2/c1-9-5-10(2)7-11(6-9)13-8-12(16)3-4-14(13)17-15(18)19/h3-8,17H,1-2H3,(H,18,19). The molecule has 19 heavy (non-hydrogen) atoms. The molecule has 0 atom stereocenters. The van der Waals surface area contributed by atoms with E-state index in [1.807, 2.05) is 32.0 Å². The van der Waals surface area contributed by atoms with Crippen molar-refractivity contribution in [2.24, 2.45) is 0 Å². The van der Waals surface area contributed by atoms with Crippen LogP contribution < -0.4 is 5.32 Å². The van der Waals surface area contributed by atoms with E-state index < -0.39 is 11.9 Å². The van der Waals surface area contributed by atoms with E-state index in [1.54, 1.807) is 0 Å². The van der Waals surface area contributed by atoms with Gasteiger partial charge in [0.15, 0.2) is 0 Å². The smallest absolute Gasteiger partial charge is 0.409 e. The summed E-state index contributed by atoms with van der Waals surface area (Å²) in [6.07, 6.45) is -1.17. The highest BCUT2D eigenvalue weighted by Gasteiger charge is 2.09. The number of amides is 1. The van der Waals surface area contributed by atoms with E-state index >= 15 is 0 Å². The predicted octanol–water partition coefficient (Wildman–Crippen LogP) is 4.20. The van der Waals surface area contributed by atoms with Crippen molar-refractivity contribution in [1.82, 2.24) is 0 Å². The van der Waals surface area contributed by atoms with Crippen molar-refractivity contribution >= 4 is 11.8 Å². The van der Waals surface area contributed by atoms with Gasteiger partial charge in [-0.05, 0) is 37.6 Å². The van der Waals surface area contributed by atoms with Gasteiger partial charge in [-0.3, -0.25) is 5.32 Å². The first-order valence-electron chi connectivity index (χ1n) is 5.84. The van der Waals surface area contributed by atoms with Gasteiger partial charge in [0.05, 0.1) is 5.69 Å². The highest BCUT2D eigenvalue weighted by Crippen LogP contribution is 2.30. The molecule has 0 bridgehead atoms. The molecule has 0 spiro atoms. The summed E-state index contributed by atoms with van der Waals surface area (Å²) in [5, 5.41) is 11.1. The lowest BCUT2D eigenvalue weighted by atomic mass is 9.99. The number of aryl methyl sites for hydroxylation is 2. The van der Waals surface area contributed by atoms with E-state index in [4.69, 9.17) is 5.11 Å². The van der Waals surface area contributed by atoms with Gasteiger partial charge in [0.25, 0.3) is 0 Å². The Hall–Kier alpha value is -2.36. The maximum Gasteiger partial charge on any atom is 0.409 e. The van der Waals surface area contributed by atoms with E-state index in [9.17, 15) is 9.18 Å². The van der Waals surface area contributed by atoms with E-state index in [0.717, 1.165) is 16.7 Å². The molecule has 0 heterocycles. The zero-order valence-corrected chi connectivity index (χ0v) is 10.7. The summed E-state index contributed by atoms with van der Waals surface area (Å²) in [6, 6.07) is 9.80. The third-order valence-corrected chi connectivity index (χ3v) is 2.76. The third kappa shape index (κ3) is 3.10. The van der Waals surface area contributed by atoms with Gasteiger partial charge in [0.2, 0.25) is 0 Å². The van der Waals surface area contributed by atoms with Crippen molar-refractivity contribution in [1.29, 1.82) is 0 Å².